The second kappa shape index (κ2) is 3.07. The minimum absolute atomic E-state index is 0.0163. The molecule has 0 aromatic carbocycles. The zero-order valence-electron chi connectivity index (χ0n) is 5.49. The van der Waals surface area contributed by atoms with Gasteiger partial charge >= 0.3 is 0 Å². The zero-order valence-corrected chi connectivity index (χ0v) is 6.30. The molecule has 1 aliphatic rings. The van der Waals surface area contributed by atoms with Gasteiger partial charge in [0, 0.05) is 6.54 Å². The predicted molar refractivity (Wildman–Crippen MR) is 40.4 cm³/mol. The van der Waals surface area contributed by atoms with Crippen LogP contribution >= 0.6 is 11.8 Å². The van der Waals surface area contributed by atoms with Crippen LogP contribution in [0.5, 0.6) is 0 Å². The largest absolute Gasteiger partial charge is 0.364 e. The molecule has 0 radical (unpaired) electrons. The lowest BCUT2D eigenvalue weighted by molar-refractivity contribution is -0.130. The van der Waals surface area contributed by atoms with E-state index in [9.17, 15) is 4.79 Å². The van der Waals surface area contributed by atoms with Crippen LogP contribution in [0.15, 0.2) is 12.7 Å². The van der Waals surface area contributed by atoms with Crippen LogP contribution < -0.4 is 0 Å². The van der Waals surface area contributed by atoms with E-state index in [1.807, 2.05) is 0 Å². The molecular formula is C6H9NO2S. The molecule has 4 heteroatoms. The number of nitrogens with zero attached hydrogens (tertiary/aromatic N) is 1. The molecule has 1 aliphatic heterocycles. The van der Waals surface area contributed by atoms with Crippen molar-refractivity contribution in [2.24, 2.45) is 0 Å². The van der Waals surface area contributed by atoms with Crippen LogP contribution in [0.25, 0.3) is 0 Å². The molecule has 1 atom stereocenters. The third kappa shape index (κ3) is 1.33. The molecule has 0 aliphatic carbocycles. The van der Waals surface area contributed by atoms with E-state index in [0.717, 1.165) is 0 Å². The summed E-state index contributed by atoms with van der Waals surface area (Å²) in [6, 6.07) is 0. The number of carbonyl (C=O) groups is 1. The molecule has 56 valence electrons. The van der Waals surface area contributed by atoms with E-state index in [4.69, 9.17) is 5.11 Å². The first-order chi connectivity index (χ1) is 4.75. The molecule has 10 heavy (non-hydrogen) atoms. The molecule has 1 rings (SSSR count). The molecule has 0 aromatic rings. The zero-order chi connectivity index (χ0) is 7.56. The molecule has 1 N–H and O–H groups in total. The summed E-state index contributed by atoms with van der Waals surface area (Å²) in [4.78, 5) is 12.3. The second-order valence-corrected chi connectivity index (χ2v) is 3.02. The van der Waals surface area contributed by atoms with Gasteiger partial charge in [-0.3, -0.25) is 4.79 Å². The Labute approximate surface area is 63.7 Å². The van der Waals surface area contributed by atoms with E-state index >= 15 is 0 Å². The molecule has 0 aromatic heterocycles. The fourth-order valence-electron chi connectivity index (χ4n) is 0.773. The smallest absolute Gasteiger partial charge is 0.235 e. The van der Waals surface area contributed by atoms with Crippen LogP contribution in [0, 0.1) is 0 Å². The highest BCUT2D eigenvalue weighted by Gasteiger charge is 2.28. The Hall–Kier alpha value is -0.480. The average molecular weight is 159 g/mol. The Bertz CT molecular complexity index is 160. The third-order valence-electron chi connectivity index (χ3n) is 1.27. The molecule has 1 amide bonds. The predicted octanol–water partition coefficient (Wildman–Crippen LogP) is 0.0237. The Kier molecular flexibility index (Phi) is 2.34. The van der Waals surface area contributed by atoms with Crippen LogP contribution in [0.4, 0.5) is 0 Å². The maximum absolute atomic E-state index is 10.9. The van der Waals surface area contributed by atoms with Gasteiger partial charge in [-0.15, -0.1) is 6.58 Å². The van der Waals surface area contributed by atoms with E-state index in [1.165, 1.54) is 16.7 Å². The standard InChI is InChI=1S/C6H9NO2S/c1-2-3-7-5(8)4-10-6(7)9/h2,6,9H,1,3-4H2. The number of aliphatic hydroxyl groups excluding tert-OH is 1. The van der Waals surface area contributed by atoms with Crippen LogP contribution in [-0.4, -0.2) is 33.8 Å². The molecule has 1 heterocycles. The average Bonchev–Trinajstić information content (AvgIpc) is 2.20. The highest BCUT2D eigenvalue weighted by molar-refractivity contribution is 8.00. The molecule has 0 spiro atoms. The summed E-state index contributed by atoms with van der Waals surface area (Å²) in [6.45, 7) is 3.92. The Morgan fingerprint density at radius 1 is 2.00 bits per heavy atom. The van der Waals surface area contributed by atoms with Crippen molar-refractivity contribution >= 4 is 17.7 Å². The Balaban J connectivity index is 2.53. The van der Waals surface area contributed by atoms with Crippen LogP contribution in [0.3, 0.4) is 0 Å². The van der Waals surface area contributed by atoms with E-state index < -0.39 is 5.56 Å². The summed E-state index contributed by atoms with van der Waals surface area (Å²) in [5, 5.41) is 9.11. The van der Waals surface area contributed by atoms with E-state index in [1.54, 1.807) is 6.08 Å². The van der Waals surface area contributed by atoms with Crippen LogP contribution in [0.2, 0.25) is 0 Å². The summed E-state index contributed by atoms with van der Waals surface area (Å²) in [6.07, 6.45) is 1.60. The van der Waals surface area contributed by atoms with Crippen molar-refractivity contribution < 1.29 is 9.90 Å². The van der Waals surface area contributed by atoms with E-state index in [-0.39, 0.29) is 5.91 Å². The van der Waals surface area contributed by atoms with Crippen molar-refractivity contribution in [3.63, 3.8) is 0 Å². The number of thioether (sulfide) groups is 1. The fourth-order valence-corrected chi connectivity index (χ4v) is 1.61. The lowest BCUT2D eigenvalue weighted by Crippen LogP contribution is -2.32. The fraction of sp³-hybridized carbons (Fsp3) is 0.500. The van der Waals surface area contributed by atoms with Gasteiger partial charge in [-0.1, -0.05) is 17.8 Å². The topological polar surface area (TPSA) is 40.5 Å². The number of carbonyl (C=O) groups excluding carboxylic acids is 1. The second-order valence-electron chi connectivity index (χ2n) is 1.97. The van der Waals surface area contributed by atoms with Crippen molar-refractivity contribution in [3.05, 3.63) is 12.7 Å². The molecule has 3 nitrogen and oxygen atoms in total. The van der Waals surface area contributed by atoms with Crippen molar-refractivity contribution in [2.45, 2.75) is 5.56 Å². The number of amides is 1. The van der Waals surface area contributed by atoms with E-state index in [2.05, 4.69) is 6.58 Å². The number of aliphatic hydroxyl groups is 1. The van der Waals surface area contributed by atoms with Crippen molar-refractivity contribution in [2.75, 3.05) is 12.3 Å². The minimum atomic E-state index is -0.662. The first-order valence-corrected chi connectivity index (χ1v) is 4.00. The van der Waals surface area contributed by atoms with Gasteiger partial charge in [-0.25, -0.2) is 0 Å². The summed E-state index contributed by atoms with van der Waals surface area (Å²) >= 11 is 1.24. The molecule has 1 unspecified atom stereocenters. The highest BCUT2D eigenvalue weighted by atomic mass is 32.2. The van der Waals surface area contributed by atoms with E-state index in [0.29, 0.717) is 12.3 Å². The van der Waals surface area contributed by atoms with Gasteiger partial charge < -0.3 is 10.0 Å². The van der Waals surface area contributed by atoms with Crippen molar-refractivity contribution in [1.29, 1.82) is 0 Å². The third-order valence-corrected chi connectivity index (χ3v) is 2.23. The van der Waals surface area contributed by atoms with Gasteiger partial charge in [0.05, 0.1) is 5.75 Å². The summed E-state index contributed by atoms with van der Waals surface area (Å²) < 4.78 is 0. The highest BCUT2D eigenvalue weighted by Crippen LogP contribution is 2.21. The summed E-state index contributed by atoms with van der Waals surface area (Å²) in [5.41, 5.74) is -0.662. The SMILES string of the molecule is C=CCN1C(=O)CSC1O. The summed E-state index contributed by atoms with van der Waals surface area (Å²) in [7, 11) is 0. The number of hydrogen-bond donors (Lipinski definition) is 1. The van der Waals surface area contributed by atoms with Gasteiger partial charge in [-0.05, 0) is 0 Å². The Morgan fingerprint density at radius 2 is 2.70 bits per heavy atom. The maximum atomic E-state index is 10.9. The summed E-state index contributed by atoms with van der Waals surface area (Å²) in [5.74, 6) is 0.368. The maximum Gasteiger partial charge on any atom is 0.235 e. The van der Waals surface area contributed by atoms with Gasteiger partial charge in [0.2, 0.25) is 5.91 Å². The van der Waals surface area contributed by atoms with Gasteiger partial charge in [-0.2, -0.15) is 0 Å². The normalized spacial score (nSPS) is 25.5. The minimum Gasteiger partial charge on any atom is -0.364 e. The first-order valence-electron chi connectivity index (χ1n) is 2.95. The number of hydrogen-bond acceptors (Lipinski definition) is 3. The van der Waals surface area contributed by atoms with Crippen LogP contribution in [0.1, 0.15) is 0 Å². The molecule has 1 fully saturated rings. The van der Waals surface area contributed by atoms with Crippen molar-refractivity contribution in [1.82, 2.24) is 4.90 Å². The quantitative estimate of drug-likeness (QED) is 0.578. The molecule has 0 saturated carbocycles. The first kappa shape index (κ1) is 7.63. The lowest BCUT2D eigenvalue weighted by atomic mass is 10.5. The number of rotatable bonds is 2. The van der Waals surface area contributed by atoms with Gasteiger partial charge in [0.15, 0.2) is 5.56 Å². The Morgan fingerprint density at radius 3 is 3.10 bits per heavy atom. The monoisotopic (exact) mass is 159 g/mol. The molecular weight excluding hydrogens is 150 g/mol. The van der Waals surface area contributed by atoms with Crippen LogP contribution in [-0.2, 0) is 4.79 Å². The lowest BCUT2D eigenvalue weighted by Gasteiger charge is -2.16. The molecule has 1 saturated heterocycles. The van der Waals surface area contributed by atoms with Crippen molar-refractivity contribution in [3.8, 4) is 0 Å². The molecule has 0 bridgehead atoms. The van der Waals surface area contributed by atoms with Gasteiger partial charge in [0.1, 0.15) is 0 Å². The van der Waals surface area contributed by atoms with Gasteiger partial charge in [0.25, 0.3) is 0 Å².